The third kappa shape index (κ3) is 5.73. The van der Waals surface area contributed by atoms with Crippen molar-refractivity contribution in [2.75, 3.05) is 19.0 Å². The van der Waals surface area contributed by atoms with Crippen molar-refractivity contribution in [3.05, 3.63) is 58.1 Å². The molecule has 0 unspecified atom stereocenters. The highest BCUT2D eigenvalue weighted by molar-refractivity contribution is 6.31. The normalized spacial score (nSPS) is 11.1. The lowest BCUT2D eigenvalue weighted by Crippen LogP contribution is -2.27. The number of rotatable bonds is 6. The Morgan fingerprint density at radius 1 is 1.11 bits per heavy atom. The number of amides is 2. The van der Waals surface area contributed by atoms with E-state index in [2.05, 4.69) is 31.4 Å². The molecule has 0 radical (unpaired) electrons. The van der Waals surface area contributed by atoms with Crippen LogP contribution in [0.25, 0.3) is 0 Å². The minimum atomic E-state index is -0.219. The minimum absolute atomic E-state index is 0.0359. The summed E-state index contributed by atoms with van der Waals surface area (Å²) in [5.74, 6) is 0.0727. The van der Waals surface area contributed by atoms with Crippen LogP contribution in [-0.4, -0.2) is 25.5 Å². The molecule has 2 aromatic carbocycles. The molecule has 6 heteroatoms. The Kier molecular flexibility index (Phi) is 7.08. The minimum Gasteiger partial charge on any atom is -0.495 e. The van der Waals surface area contributed by atoms with Crippen LogP contribution in [0.15, 0.2) is 36.4 Å². The lowest BCUT2D eigenvalue weighted by molar-refractivity contribution is -0.116. The van der Waals surface area contributed by atoms with Gasteiger partial charge in [0.15, 0.2) is 0 Å². The molecule has 0 aromatic heterocycles. The van der Waals surface area contributed by atoms with Gasteiger partial charge in [0, 0.05) is 29.6 Å². The maximum Gasteiger partial charge on any atom is 0.251 e. The Labute approximate surface area is 171 Å². The number of hydrogen-bond acceptors (Lipinski definition) is 3. The first-order valence-corrected chi connectivity index (χ1v) is 9.52. The molecule has 2 rings (SSSR count). The molecular weight excluding hydrogens is 376 g/mol. The number of halogens is 1. The van der Waals surface area contributed by atoms with Gasteiger partial charge in [0.25, 0.3) is 5.91 Å². The Morgan fingerprint density at radius 3 is 2.32 bits per heavy atom. The zero-order valence-electron chi connectivity index (χ0n) is 17.0. The SMILES string of the molecule is COc1cc(Cl)c(C)cc1NC(=O)CCNC(=O)c1ccc(C(C)(C)C)cc1. The van der Waals surface area contributed by atoms with Crippen molar-refractivity contribution in [3.63, 3.8) is 0 Å². The van der Waals surface area contributed by atoms with Gasteiger partial charge in [0.05, 0.1) is 12.8 Å². The molecule has 28 heavy (non-hydrogen) atoms. The van der Waals surface area contributed by atoms with E-state index in [0.29, 0.717) is 22.0 Å². The van der Waals surface area contributed by atoms with Crippen LogP contribution in [0.3, 0.4) is 0 Å². The third-order valence-electron chi connectivity index (χ3n) is 4.41. The van der Waals surface area contributed by atoms with Gasteiger partial charge in [-0.3, -0.25) is 9.59 Å². The summed E-state index contributed by atoms with van der Waals surface area (Å²) in [6.45, 7) is 8.46. The van der Waals surface area contributed by atoms with Crippen molar-refractivity contribution in [2.45, 2.75) is 39.5 Å². The summed E-state index contributed by atoms with van der Waals surface area (Å²) < 4.78 is 5.25. The number of carbonyl (C=O) groups excluding carboxylic acids is 2. The van der Waals surface area contributed by atoms with E-state index in [1.165, 1.54) is 7.11 Å². The molecule has 0 aliphatic rings. The Morgan fingerprint density at radius 2 is 1.75 bits per heavy atom. The average Bonchev–Trinajstić information content (AvgIpc) is 2.63. The average molecular weight is 403 g/mol. The molecule has 0 aliphatic carbocycles. The number of nitrogens with one attached hydrogen (secondary N) is 2. The van der Waals surface area contributed by atoms with E-state index in [1.54, 1.807) is 24.3 Å². The summed E-state index contributed by atoms with van der Waals surface area (Å²) in [6.07, 6.45) is 0.149. The van der Waals surface area contributed by atoms with Gasteiger partial charge in [-0.25, -0.2) is 0 Å². The van der Waals surface area contributed by atoms with E-state index >= 15 is 0 Å². The van der Waals surface area contributed by atoms with Crippen LogP contribution in [0.1, 0.15) is 48.7 Å². The predicted octanol–water partition coefficient (Wildman–Crippen LogP) is 4.71. The van der Waals surface area contributed by atoms with Crippen LogP contribution in [0.4, 0.5) is 5.69 Å². The van der Waals surface area contributed by atoms with Crippen molar-refractivity contribution < 1.29 is 14.3 Å². The molecule has 0 spiro atoms. The van der Waals surface area contributed by atoms with Gasteiger partial charge < -0.3 is 15.4 Å². The summed E-state index contributed by atoms with van der Waals surface area (Å²) in [5, 5.41) is 6.13. The van der Waals surface area contributed by atoms with Gasteiger partial charge in [-0.15, -0.1) is 0 Å². The predicted molar refractivity (Wildman–Crippen MR) is 113 cm³/mol. The first-order chi connectivity index (χ1) is 13.1. The van der Waals surface area contributed by atoms with Crippen molar-refractivity contribution >= 4 is 29.1 Å². The summed E-state index contributed by atoms with van der Waals surface area (Å²) in [4.78, 5) is 24.4. The third-order valence-corrected chi connectivity index (χ3v) is 4.81. The lowest BCUT2D eigenvalue weighted by atomic mass is 9.87. The highest BCUT2D eigenvalue weighted by Crippen LogP contribution is 2.31. The molecule has 0 aliphatic heterocycles. The molecule has 0 heterocycles. The number of carbonyl (C=O) groups is 2. The number of hydrogen-bond donors (Lipinski definition) is 2. The van der Waals surface area contributed by atoms with Gasteiger partial charge in [-0.05, 0) is 41.7 Å². The van der Waals surface area contributed by atoms with Crippen molar-refractivity contribution in [1.82, 2.24) is 5.32 Å². The maximum absolute atomic E-state index is 12.3. The first-order valence-electron chi connectivity index (χ1n) is 9.14. The zero-order chi connectivity index (χ0) is 20.9. The Balaban J connectivity index is 1.88. The number of ether oxygens (including phenoxy) is 1. The first kappa shape index (κ1) is 21.8. The van der Waals surface area contributed by atoms with Crippen molar-refractivity contribution in [3.8, 4) is 5.75 Å². The molecule has 0 saturated heterocycles. The second-order valence-corrected chi connectivity index (χ2v) is 8.09. The van der Waals surface area contributed by atoms with Gasteiger partial charge in [0.2, 0.25) is 5.91 Å². The van der Waals surface area contributed by atoms with E-state index in [1.807, 2.05) is 19.1 Å². The van der Waals surface area contributed by atoms with Gasteiger partial charge in [-0.2, -0.15) is 0 Å². The monoisotopic (exact) mass is 402 g/mol. The fourth-order valence-electron chi connectivity index (χ4n) is 2.66. The van der Waals surface area contributed by atoms with E-state index in [9.17, 15) is 9.59 Å². The van der Waals surface area contributed by atoms with E-state index in [4.69, 9.17) is 16.3 Å². The van der Waals surface area contributed by atoms with Gasteiger partial charge in [-0.1, -0.05) is 44.5 Å². The van der Waals surface area contributed by atoms with Crippen LogP contribution < -0.4 is 15.4 Å². The smallest absolute Gasteiger partial charge is 0.251 e. The number of aryl methyl sites for hydroxylation is 1. The highest BCUT2D eigenvalue weighted by Gasteiger charge is 2.15. The van der Waals surface area contributed by atoms with Crippen molar-refractivity contribution in [1.29, 1.82) is 0 Å². The Hall–Kier alpha value is -2.53. The largest absolute Gasteiger partial charge is 0.495 e. The van der Waals surface area contributed by atoms with E-state index in [-0.39, 0.29) is 30.2 Å². The van der Waals surface area contributed by atoms with Crippen molar-refractivity contribution in [2.24, 2.45) is 0 Å². The number of benzene rings is 2. The fourth-order valence-corrected chi connectivity index (χ4v) is 2.81. The molecule has 0 bridgehead atoms. The summed E-state index contributed by atoms with van der Waals surface area (Å²) >= 11 is 6.07. The molecule has 2 N–H and O–H groups in total. The van der Waals surface area contributed by atoms with Crippen LogP contribution >= 0.6 is 11.6 Å². The molecule has 2 aromatic rings. The fraction of sp³-hybridized carbons (Fsp3) is 0.364. The van der Waals surface area contributed by atoms with Crippen LogP contribution in [0.5, 0.6) is 5.75 Å². The highest BCUT2D eigenvalue weighted by atomic mass is 35.5. The molecule has 2 amide bonds. The second kappa shape index (κ2) is 9.11. The molecule has 150 valence electrons. The second-order valence-electron chi connectivity index (χ2n) is 7.68. The van der Waals surface area contributed by atoms with Crippen LogP contribution in [-0.2, 0) is 10.2 Å². The number of anilines is 1. The maximum atomic E-state index is 12.3. The Bertz CT molecular complexity index is 855. The standard InChI is InChI=1S/C22H27ClN2O3/c1-14-12-18(19(28-5)13-17(14)23)25-20(26)10-11-24-21(27)15-6-8-16(9-7-15)22(2,3)4/h6-9,12-13H,10-11H2,1-5H3,(H,24,27)(H,25,26). The topological polar surface area (TPSA) is 67.4 Å². The number of methoxy groups -OCH3 is 1. The molecule has 0 fully saturated rings. The van der Waals surface area contributed by atoms with E-state index in [0.717, 1.165) is 11.1 Å². The van der Waals surface area contributed by atoms with Crippen LogP contribution in [0, 0.1) is 6.92 Å². The molecular formula is C22H27ClN2O3. The zero-order valence-corrected chi connectivity index (χ0v) is 17.7. The van der Waals surface area contributed by atoms with Crippen LogP contribution in [0.2, 0.25) is 5.02 Å². The summed E-state index contributed by atoms with van der Waals surface area (Å²) in [7, 11) is 1.52. The summed E-state index contributed by atoms with van der Waals surface area (Å²) in [5.41, 5.74) is 3.16. The van der Waals surface area contributed by atoms with Gasteiger partial charge in [0.1, 0.15) is 5.75 Å². The summed E-state index contributed by atoms with van der Waals surface area (Å²) in [6, 6.07) is 10.9. The quantitative estimate of drug-likeness (QED) is 0.735. The molecule has 5 nitrogen and oxygen atoms in total. The van der Waals surface area contributed by atoms with E-state index < -0.39 is 0 Å². The lowest BCUT2D eigenvalue weighted by Gasteiger charge is -2.19. The molecule has 0 saturated carbocycles. The molecule has 0 atom stereocenters. The van der Waals surface area contributed by atoms with Gasteiger partial charge >= 0.3 is 0 Å².